The number of rotatable bonds is 4. The van der Waals surface area contributed by atoms with Crippen LogP contribution < -0.4 is 11.2 Å². The normalized spacial score (nSPS) is 10.5. The summed E-state index contributed by atoms with van der Waals surface area (Å²) >= 11 is 0. The second-order valence-electron chi connectivity index (χ2n) is 3.93. The molecule has 2 rings (SSSR count). The van der Waals surface area contributed by atoms with Crippen LogP contribution in [0.15, 0.2) is 40.1 Å². The molecule has 20 heavy (non-hydrogen) atoms. The highest BCUT2D eigenvalue weighted by atomic mass is 19.1. The molecule has 1 heterocycles. The lowest BCUT2D eigenvalue weighted by molar-refractivity contribution is 0.433. The molecule has 0 saturated carbocycles. The molecule has 0 unspecified atom stereocenters. The molecule has 5 nitrogen and oxygen atoms in total. The van der Waals surface area contributed by atoms with Crippen molar-refractivity contribution in [3.05, 3.63) is 62.7 Å². The monoisotopic (exact) mass is 279 g/mol. The van der Waals surface area contributed by atoms with Crippen LogP contribution >= 0.6 is 0 Å². The van der Waals surface area contributed by atoms with Gasteiger partial charge in [-0.1, -0.05) is 0 Å². The number of hydrogen-bond donors (Lipinski definition) is 0. The SMILES string of the molecule is O=[C]c1cn(CCF)c(=O)n(-c2ccc(F)cc2)c1=O. The maximum absolute atomic E-state index is 12.9. The van der Waals surface area contributed by atoms with E-state index >= 15 is 0 Å². The van der Waals surface area contributed by atoms with Crippen molar-refractivity contribution in [2.75, 3.05) is 6.67 Å². The minimum atomic E-state index is -0.883. The Morgan fingerprint density at radius 1 is 1.15 bits per heavy atom. The Kier molecular flexibility index (Phi) is 3.88. The third-order valence-corrected chi connectivity index (χ3v) is 2.68. The van der Waals surface area contributed by atoms with Gasteiger partial charge in [0, 0.05) is 6.20 Å². The third-order valence-electron chi connectivity index (χ3n) is 2.68. The van der Waals surface area contributed by atoms with Crippen LogP contribution in [0.2, 0.25) is 0 Å². The van der Waals surface area contributed by atoms with Gasteiger partial charge in [-0.2, -0.15) is 0 Å². The minimum absolute atomic E-state index is 0.0890. The summed E-state index contributed by atoms with van der Waals surface area (Å²) in [7, 11) is 0. The Balaban J connectivity index is 2.76. The molecule has 2 aromatic rings. The Morgan fingerprint density at radius 3 is 2.35 bits per heavy atom. The Labute approximate surface area is 111 Å². The number of alkyl halides is 1. The van der Waals surface area contributed by atoms with Gasteiger partial charge < -0.3 is 0 Å². The van der Waals surface area contributed by atoms with Crippen LogP contribution in [0.3, 0.4) is 0 Å². The molecule has 1 radical (unpaired) electrons. The number of aromatic nitrogens is 2. The minimum Gasteiger partial charge on any atom is -0.297 e. The van der Waals surface area contributed by atoms with Crippen molar-refractivity contribution in [2.24, 2.45) is 0 Å². The highest BCUT2D eigenvalue weighted by molar-refractivity contribution is 5.74. The van der Waals surface area contributed by atoms with Gasteiger partial charge in [-0.05, 0) is 24.3 Å². The first-order valence-electron chi connectivity index (χ1n) is 5.65. The average Bonchev–Trinajstić information content (AvgIpc) is 2.44. The van der Waals surface area contributed by atoms with Crippen LogP contribution in [0.4, 0.5) is 8.78 Å². The van der Waals surface area contributed by atoms with Crippen molar-refractivity contribution in [3.8, 4) is 5.69 Å². The maximum atomic E-state index is 12.9. The Morgan fingerprint density at radius 2 is 1.80 bits per heavy atom. The fourth-order valence-corrected chi connectivity index (χ4v) is 1.74. The van der Waals surface area contributed by atoms with E-state index in [2.05, 4.69) is 0 Å². The molecule has 0 aliphatic carbocycles. The van der Waals surface area contributed by atoms with Crippen LogP contribution in [0.1, 0.15) is 5.56 Å². The van der Waals surface area contributed by atoms with Crippen LogP contribution in [-0.4, -0.2) is 22.1 Å². The van der Waals surface area contributed by atoms with Gasteiger partial charge in [0.15, 0.2) is 0 Å². The van der Waals surface area contributed by atoms with Crippen LogP contribution in [-0.2, 0) is 11.3 Å². The van der Waals surface area contributed by atoms with E-state index in [0.717, 1.165) is 22.9 Å². The van der Waals surface area contributed by atoms with Gasteiger partial charge in [0.25, 0.3) is 5.56 Å². The molecule has 1 aromatic heterocycles. The molecular formula is C13H9F2N2O3. The highest BCUT2D eigenvalue weighted by Crippen LogP contribution is 2.05. The van der Waals surface area contributed by atoms with Gasteiger partial charge in [-0.25, -0.2) is 18.1 Å². The lowest BCUT2D eigenvalue weighted by Gasteiger charge is -2.09. The van der Waals surface area contributed by atoms with Crippen molar-refractivity contribution >= 4 is 6.29 Å². The second-order valence-corrected chi connectivity index (χ2v) is 3.93. The van der Waals surface area contributed by atoms with E-state index in [1.54, 1.807) is 0 Å². The van der Waals surface area contributed by atoms with Crippen LogP contribution in [0.5, 0.6) is 0 Å². The highest BCUT2D eigenvalue weighted by Gasteiger charge is 2.13. The summed E-state index contributed by atoms with van der Waals surface area (Å²) in [5.74, 6) is -0.538. The molecule has 0 saturated heterocycles. The van der Waals surface area contributed by atoms with E-state index in [1.165, 1.54) is 18.4 Å². The summed E-state index contributed by atoms with van der Waals surface area (Å²) in [4.78, 5) is 34.8. The van der Waals surface area contributed by atoms with E-state index < -0.39 is 29.3 Å². The fourth-order valence-electron chi connectivity index (χ4n) is 1.74. The van der Waals surface area contributed by atoms with Crippen LogP contribution in [0.25, 0.3) is 5.69 Å². The van der Waals surface area contributed by atoms with E-state index in [0.29, 0.717) is 4.57 Å². The summed E-state index contributed by atoms with van der Waals surface area (Å²) in [6.07, 6.45) is 2.36. The zero-order valence-electron chi connectivity index (χ0n) is 10.2. The first-order valence-corrected chi connectivity index (χ1v) is 5.65. The van der Waals surface area contributed by atoms with E-state index in [4.69, 9.17) is 0 Å². The number of halogens is 2. The third kappa shape index (κ3) is 2.42. The van der Waals surface area contributed by atoms with Gasteiger partial charge >= 0.3 is 5.69 Å². The summed E-state index contributed by atoms with van der Waals surface area (Å²) in [5.41, 5.74) is -2.00. The molecular weight excluding hydrogens is 270 g/mol. The van der Waals surface area contributed by atoms with Gasteiger partial charge in [0.2, 0.25) is 6.29 Å². The van der Waals surface area contributed by atoms with E-state index in [1.807, 2.05) is 0 Å². The Hall–Kier alpha value is -2.57. The predicted octanol–water partition coefficient (Wildman–Crippen LogP) is 0.566. The van der Waals surface area contributed by atoms with Gasteiger partial charge in [0.05, 0.1) is 12.2 Å². The van der Waals surface area contributed by atoms with Gasteiger partial charge in [-0.15, -0.1) is 0 Å². The first-order chi connectivity index (χ1) is 9.58. The maximum Gasteiger partial charge on any atom is 0.335 e. The zero-order valence-corrected chi connectivity index (χ0v) is 10.2. The molecule has 1 aromatic carbocycles. The van der Waals surface area contributed by atoms with E-state index in [-0.39, 0.29) is 12.2 Å². The molecule has 0 amide bonds. The standard InChI is InChI=1S/C13H9F2N2O3/c14-5-6-16-7-9(8-18)12(19)17(13(16)20)11-3-1-10(15)2-4-11/h1-4,7H,5-6H2. The number of benzene rings is 1. The number of aryl methyl sites for hydroxylation is 1. The molecule has 0 aliphatic heterocycles. The lowest BCUT2D eigenvalue weighted by atomic mass is 10.3. The summed E-state index contributed by atoms with van der Waals surface area (Å²) < 4.78 is 26.8. The average molecular weight is 279 g/mol. The molecule has 0 atom stereocenters. The smallest absolute Gasteiger partial charge is 0.297 e. The van der Waals surface area contributed by atoms with E-state index in [9.17, 15) is 23.2 Å². The zero-order chi connectivity index (χ0) is 14.7. The van der Waals surface area contributed by atoms with Crippen molar-refractivity contribution < 1.29 is 13.6 Å². The molecule has 0 aliphatic rings. The summed E-state index contributed by atoms with van der Waals surface area (Å²) in [6.45, 7) is -1.13. The first kappa shape index (κ1) is 13.9. The Bertz CT molecular complexity index is 748. The van der Waals surface area contributed by atoms with Crippen molar-refractivity contribution in [3.63, 3.8) is 0 Å². The lowest BCUT2D eigenvalue weighted by Crippen LogP contribution is -2.40. The molecule has 0 N–H and O–H groups in total. The second kappa shape index (κ2) is 5.60. The van der Waals surface area contributed by atoms with Crippen LogP contribution in [0, 0.1) is 5.82 Å². The molecule has 0 spiro atoms. The van der Waals surface area contributed by atoms with Gasteiger partial charge in [-0.3, -0.25) is 14.2 Å². The molecule has 0 fully saturated rings. The quantitative estimate of drug-likeness (QED) is 0.822. The molecule has 103 valence electrons. The largest absolute Gasteiger partial charge is 0.335 e. The van der Waals surface area contributed by atoms with Gasteiger partial charge in [0.1, 0.15) is 18.1 Å². The number of nitrogens with zero attached hydrogens (tertiary/aromatic N) is 2. The predicted molar refractivity (Wildman–Crippen MR) is 67.0 cm³/mol. The molecule has 0 bridgehead atoms. The van der Waals surface area contributed by atoms with Crippen molar-refractivity contribution in [2.45, 2.75) is 6.54 Å². The summed E-state index contributed by atoms with van der Waals surface area (Å²) in [5, 5.41) is 0. The van der Waals surface area contributed by atoms with Crippen molar-refractivity contribution in [1.29, 1.82) is 0 Å². The number of carbonyl (C=O) groups excluding carboxylic acids is 1. The fraction of sp³-hybridized carbons (Fsp3) is 0.154. The topological polar surface area (TPSA) is 61.1 Å². The number of hydrogen-bond acceptors (Lipinski definition) is 3. The van der Waals surface area contributed by atoms with Crippen molar-refractivity contribution in [1.82, 2.24) is 9.13 Å². The molecule has 7 heteroatoms. The summed E-state index contributed by atoms with van der Waals surface area (Å²) in [6, 6.07) is 4.56.